The predicted octanol–water partition coefficient (Wildman–Crippen LogP) is 9.54. The van der Waals surface area contributed by atoms with E-state index in [4.69, 9.17) is 29.2 Å². The summed E-state index contributed by atoms with van der Waals surface area (Å²) < 4.78 is 35.8. The number of carbonyl (C=O) groups excluding carboxylic acids is 4. The third-order valence-electron chi connectivity index (χ3n) is 15.7. The summed E-state index contributed by atoms with van der Waals surface area (Å²) in [5, 5.41) is 7.39. The van der Waals surface area contributed by atoms with E-state index in [1.807, 2.05) is 63.1 Å². The molecule has 4 fully saturated rings. The fourth-order valence-corrected chi connectivity index (χ4v) is 12.8. The molecule has 17 nitrogen and oxygen atoms in total. The second-order valence-corrected chi connectivity index (χ2v) is 22.2. The number of nitrogens with one attached hydrogen (secondary N) is 4. The number of hydrogen-bond donors (Lipinski definition) is 4. The van der Waals surface area contributed by atoms with E-state index < -0.39 is 36.3 Å². The molecule has 11 rings (SSSR count). The number of ether oxygens (including phenoxy) is 3. The molecule has 4 amide bonds. The zero-order valence-electron chi connectivity index (χ0n) is 41.6. The standard InChI is InChI=1S/C53H61FN10O7S/c1-26(2)43(60-51(67)69-6)47(65)62-16-10-11-36(62)45-55-24-34(59-45)29-18-32(54)42-38-20-30-17-28(12-13-35(30)64(38)49(71-40(42)22-29)41-25-57-50(72-41)53(5)14-8-9-15-53)33-23-56-46(58-33)39-21-31-19-37(31)63(39)48(66)44(27(3)4)61-52(68)70-7/h12-13,17-18,20,22-27,31,36-37,39,43-44,49H,8-11,14-16,19,21H2,1-7H3,(H,55,59)(H,56,58)(H,60,67)(H,61,68)/t31-,36+,37-,39+,43+,44+,49?/m1/s1. The molecule has 19 heteroatoms. The first-order chi connectivity index (χ1) is 34.6. The molecule has 2 aromatic carbocycles. The molecule has 2 saturated carbocycles. The van der Waals surface area contributed by atoms with Crippen molar-refractivity contribution in [3.63, 3.8) is 0 Å². The van der Waals surface area contributed by atoms with Crippen molar-refractivity contribution in [1.29, 1.82) is 0 Å². The highest BCUT2D eigenvalue weighted by Gasteiger charge is 2.56. The van der Waals surface area contributed by atoms with E-state index in [1.165, 1.54) is 20.3 Å². The summed E-state index contributed by atoms with van der Waals surface area (Å²) in [6.45, 7) is 10.4. The molecule has 4 N–H and O–H groups in total. The van der Waals surface area contributed by atoms with Gasteiger partial charge in [0.2, 0.25) is 18.0 Å². The zero-order valence-corrected chi connectivity index (χ0v) is 42.4. The quantitative estimate of drug-likeness (QED) is 0.0915. The normalized spacial score (nSPS) is 22.6. The van der Waals surface area contributed by atoms with E-state index in [-0.39, 0.29) is 47.2 Å². The molecule has 7 heterocycles. The lowest BCUT2D eigenvalue weighted by atomic mass is 9.90. The number of H-pyrrole nitrogens is 2. The highest BCUT2D eigenvalue weighted by atomic mass is 32.1. The number of methoxy groups -OCH3 is 2. The van der Waals surface area contributed by atoms with Crippen LogP contribution in [0.5, 0.6) is 5.75 Å². The maximum atomic E-state index is 17.1. The number of hydrogen-bond acceptors (Lipinski definition) is 11. The van der Waals surface area contributed by atoms with E-state index >= 15 is 4.39 Å². The largest absolute Gasteiger partial charge is 0.464 e. The zero-order chi connectivity index (χ0) is 50.3. The molecule has 72 heavy (non-hydrogen) atoms. The number of amides is 4. The molecule has 0 bridgehead atoms. The minimum atomic E-state index is -0.775. The van der Waals surface area contributed by atoms with Gasteiger partial charge in [-0.05, 0) is 86.6 Å². The van der Waals surface area contributed by atoms with Gasteiger partial charge in [0.1, 0.15) is 35.3 Å². The molecule has 0 radical (unpaired) electrons. The summed E-state index contributed by atoms with van der Waals surface area (Å²) in [6.07, 6.45) is 11.0. The SMILES string of the molecule is COC(=O)N[C@H](C(=O)N1CCC[C@H]1c1ncc(-c2cc(F)c3c(c2)OC(c2cnc(C4(C)CCCC4)s2)n2c-3cc3cc(-c4cnc([C@@H]5C[C@H]6C[C@H]6N5C(=O)[C@@H](NC(=O)OC)C(C)C)[nH]4)ccc32)[nH]1)C(C)C. The average Bonchev–Trinajstić information content (AvgIpc) is 4.18. The Bertz CT molecular complexity index is 3100. The Balaban J connectivity index is 0.924. The number of nitrogens with zero attached hydrogens (tertiary/aromatic N) is 6. The Labute approximate surface area is 420 Å². The number of benzene rings is 2. The molecule has 2 aliphatic carbocycles. The first kappa shape index (κ1) is 47.6. The van der Waals surface area contributed by atoms with E-state index in [0.717, 1.165) is 77.0 Å². The van der Waals surface area contributed by atoms with E-state index in [0.29, 0.717) is 58.8 Å². The van der Waals surface area contributed by atoms with Crippen molar-refractivity contribution in [2.24, 2.45) is 17.8 Å². The minimum Gasteiger partial charge on any atom is -0.464 e. The molecular formula is C53H61FN10O7S. The fourth-order valence-electron chi connectivity index (χ4n) is 11.7. The van der Waals surface area contributed by atoms with E-state index in [9.17, 15) is 19.2 Å². The predicted molar refractivity (Wildman–Crippen MR) is 267 cm³/mol. The molecule has 4 aromatic heterocycles. The molecule has 2 saturated heterocycles. The third kappa shape index (κ3) is 8.26. The van der Waals surface area contributed by atoms with Crippen molar-refractivity contribution in [3.8, 4) is 39.5 Å². The number of aromatic nitrogens is 6. The molecule has 7 atom stereocenters. The molecule has 6 aromatic rings. The Morgan fingerprint density at radius 3 is 2.17 bits per heavy atom. The lowest BCUT2D eigenvalue weighted by Crippen LogP contribution is -2.52. The van der Waals surface area contributed by atoms with Crippen LogP contribution in [0.1, 0.15) is 126 Å². The summed E-state index contributed by atoms with van der Waals surface area (Å²) in [6, 6.07) is 9.44. The third-order valence-corrected chi connectivity index (χ3v) is 17.1. The Morgan fingerprint density at radius 2 is 1.49 bits per heavy atom. The van der Waals surface area contributed by atoms with Crippen LogP contribution < -0.4 is 15.4 Å². The fraction of sp³-hybridized carbons (Fsp3) is 0.491. The highest BCUT2D eigenvalue weighted by molar-refractivity contribution is 7.11. The van der Waals surface area contributed by atoms with Gasteiger partial charge in [-0.25, -0.2) is 28.9 Å². The molecule has 3 aliphatic heterocycles. The average molecular weight is 1000 g/mol. The van der Waals surface area contributed by atoms with Crippen LogP contribution in [0.2, 0.25) is 0 Å². The van der Waals surface area contributed by atoms with Gasteiger partial charge in [0.25, 0.3) is 0 Å². The lowest BCUT2D eigenvalue weighted by molar-refractivity contribution is -0.137. The van der Waals surface area contributed by atoms with Gasteiger partial charge in [-0.1, -0.05) is 53.5 Å². The monoisotopic (exact) mass is 1000 g/mol. The van der Waals surface area contributed by atoms with Crippen LogP contribution in [0.15, 0.2) is 55.0 Å². The Kier molecular flexibility index (Phi) is 12.1. The van der Waals surface area contributed by atoms with Crippen molar-refractivity contribution in [2.45, 2.75) is 128 Å². The van der Waals surface area contributed by atoms with Gasteiger partial charge < -0.3 is 44.6 Å². The van der Waals surface area contributed by atoms with Crippen LogP contribution in [-0.4, -0.2) is 102 Å². The molecule has 5 aliphatic rings. The Morgan fingerprint density at radius 1 is 0.819 bits per heavy atom. The second-order valence-electron chi connectivity index (χ2n) is 21.1. The summed E-state index contributed by atoms with van der Waals surface area (Å²) in [5.41, 5.74) is 4.60. The number of rotatable bonds is 12. The first-order valence-electron chi connectivity index (χ1n) is 25.2. The van der Waals surface area contributed by atoms with Gasteiger partial charge in [0.15, 0.2) is 0 Å². The van der Waals surface area contributed by atoms with Crippen LogP contribution in [0.25, 0.3) is 44.7 Å². The van der Waals surface area contributed by atoms with Crippen molar-refractivity contribution in [3.05, 3.63) is 82.3 Å². The molecule has 0 spiro atoms. The van der Waals surface area contributed by atoms with Crippen molar-refractivity contribution >= 4 is 46.2 Å². The number of thiazole rings is 1. The van der Waals surface area contributed by atoms with Gasteiger partial charge in [0, 0.05) is 40.7 Å². The number of alkyl carbamates (subject to hydrolysis) is 2. The number of imidazole rings is 2. The number of piperidine rings is 1. The number of carbonyl (C=O) groups is 4. The maximum Gasteiger partial charge on any atom is 0.407 e. The van der Waals surface area contributed by atoms with Crippen LogP contribution >= 0.6 is 11.3 Å². The van der Waals surface area contributed by atoms with E-state index in [2.05, 4.69) is 38.2 Å². The topological polar surface area (TPSA) is 202 Å². The van der Waals surface area contributed by atoms with Crippen LogP contribution in [0.3, 0.4) is 0 Å². The van der Waals surface area contributed by atoms with Crippen LogP contribution in [-0.2, 0) is 24.5 Å². The van der Waals surface area contributed by atoms with Gasteiger partial charge in [-0.15, -0.1) is 11.3 Å². The van der Waals surface area contributed by atoms with Gasteiger partial charge >= 0.3 is 12.2 Å². The Hall–Kier alpha value is -6.76. The van der Waals surface area contributed by atoms with Crippen LogP contribution in [0, 0.1) is 23.6 Å². The second kappa shape index (κ2) is 18.4. The highest BCUT2D eigenvalue weighted by Crippen LogP contribution is 2.54. The molecule has 378 valence electrons. The van der Waals surface area contributed by atoms with Gasteiger partial charge in [0.05, 0.1) is 76.7 Å². The van der Waals surface area contributed by atoms with E-state index in [1.54, 1.807) is 28.6 Å². The number of likely N-dealkylation sites (tertiary alicyclic amines) is 2. The lowest BCUT2D eigenvalue weighted by Gasteiger charge is -2.31. The maximum absolute atomic E-state index is 17.1. The van der Waals surface area contributed by atoms with Crippen LogP contribution in [0.4, 0.5) is 14.0 Å². The molecular weight excluding hydrogens is 940 g/mol. The van der Waals surface area contributed by atoms with Crippen molar-refractivity contribution < 1.29 is 37.8 Å². The number of fused-ring (bicyclic) bond motifs is 6. The smallest absolute Gasteiger partial charge is 0.407 e. The first-order valence-corrected chi connectivity index (χ1v) is 26.0. The van der Waals surface area contributed by atoms with Gasteiger partial charge in [-0.3, -0.25) is 14.2 Å². The number of halogens is 1. The number of aromatic amines is 2. The minimum absolute atomic E-state index is 0.0150. The summed E-state index contributed by atoms with van der Waals surface area (Å²) in [4.78, 5) is 78.4. The summed E-state index contributed by atoms with van der Waals surface area (Å²) >= 11 is 1.65. The summed E-state index contributed by atoms with van der Waals surface area (Å²) in [7, 11) is 2.56. The van der Waals surface area contributed by atoms with Crippen molar-refractivity contribution in [1.82, 2.24) is 49.9 Å². The summed E-state index contributed by atoms with van der Waals surface area (Å²) in [5.74, 6) is 0.866. The molecule has 1 unspecified atom stereocenters. The van der Waals surface area contributed by atoms with Gasteiger partial charge in [-0.2, -0.15) is 0 Å². The van der Waals surface area contributed by atoms with Crippen molar-refractivity contribution in [2.75, 3.05) is 20.8 Å².